The molecule has 0 atom stereocenters. The number of nitrogens with zero attached hydrogens (tertiary/aromatic N) is 1. The van der Waals surface area contributed by atoms with Gasteiger partial charge in [-0.05, 0) is 12.2 Å². The van der Waals surface area contributed by atoms with Crippen LogP contribution in [0.15, 0.2) is 12.4 Å². The molecule has 1 heterocycles. The van der Waals surface area contributed by atoms with Gasteiger partial charge >= 0.3 is 0 Å². The van der Waals surface area contributed by atoms with Gasteiger partial charge in [-0.15, -0.1) is 0 Å². The highest BCUT2D eigenvalue weighted by molar-refractivity contribution is 7.80. The first-order chi connectivity index (χ1) is 4.29. The Balaban J connectivity index is 2.58. The van der Waals surface area contributed by atoms with Gasteiger partial charge in [0, 0.05) is 12.4 Å². The van der Waals surface area contributed by atoms with Crippen LogP contribution in [0.25, 0.3) is 0 Å². The van der Waals surface area contributed by atoms with Crippen LogP contribution >= 0.6 is 12.2 Å². The Bertz CT molecular complexity index is 192. The van der Waals surface area contributed by atoms with Crippen molar-refractivity contribution in [1.82, 2.24) is 9.97 Å². The van der Waals surface area contributed by atoms with Crippen LogP contribution in [0, 0.1) is 0 Å². The maximum Gasteiger partial charge on any atom is 0.206 e. The lowest BCUT2D eigenvalue weighted by molar-refractivity contribution is 1.30. The molecule has 4 nitrogen and oxygen atoms in total. The number of nitrogens with two attached hydrogens (primary N) is 1. The minimum atomic E-state index is 0.213. The lowest BCUT2D eigenvalue weighted by atomic mass is 10.9. The molecule has 0 bridgehead atoms. The molecule has 1 aromatic heterocycles. The summed E-state index contributed by atoms with van der Waals surface area (Å²) in [5.41, 5.74) is 5.14. The van der Waals surface area contributed by atoms with Crippen molar-refractivity contribution in [3.63, 3.8) is 0 Å². The van der Waals surface area contributed by atoms with Crippen LogP contribution in [0.5, 0.6) is 0 Å². The molecule has 1 aromatic rings. The first-order valence-corrected chi connectivity index (χ1v) is 2.75. The molecule has 0 aliphatic rings. The van der Waals surface area contributed by atoms with E-state index < -0.39 is 0 Å². The summed E-state index contributed by atoms with van der Waals surface area (Å²) >= 11 is 4.55. The summed E-state index contributed by atoms with van der Waals surface area (Å²) in [6.45, 7) is 0. The molecule has 0 saturated heterocycles. The zero-order valence-corrected chi connectivity index (χ0v) is 5.40. The van der Waals surface area contributed by atoms with Crippen molar-refractivity contribution in [3.05, 3.63) is 12.4 Å². The SMILES string of the molecule is NC(=S)Nc1ncc[nH]1. The van der Waals surface area contributed by atoms with Crippen LogP contribution in [0.1, 0.15) is 0 Å². The van der Waals surface area contributed by atoms with Gasteiger partial charge in [0.15, 0.2) is 5.11 Å². The van der Waals surface area contributed by atoms with Crippen molar-refractivity contribution in [2.75, 3.05) is 5.32 Å². The standard InChI is InChI=1S/C4H6N4S/c5-3(9)8-4-6-1-2-7-4/h1-2H,(H4,5,6,7,8,9). The van der Waals surface area contributed by atoms with E-state index in [0.29, 0.717) is 5.95 Å². The van der Waals surface area contributed by atoms with E-state index in [1.807, 2.05) is 0 Å². The quantitative estimate of drug-likeness (QED) is 0.485. The van der Waals surface area contributed by atoms with Gasteiger partial charge in [-0.2, -0.15) is 0 Å². The normalized spacial score (nSPS) is 8.89. The number of aromatic nitrogens is 2. The number of hydrogen-bond acceptors (Lipinski definition) is 2. The molecule has 0 aliphatic heterocycles. The van der Waals surface area contributed by atoms with Crippen LogP contribution in [-0.4, -0.2) is 15.1 Å². The van der Waals surface area contributed by atoms with Crippen molar-refractivity contribution in [2.45, 2.75) is 0 Å². The molecular formula is C4H6N4S. The van der Waals surface area contributed by atoms with Crippen molar-refractivity contribution >= 4 is 23.3 Å². The van der Waals surface area contributed by atoms with E-state index in [1.54, 1.807) is 12.4 Å². The van der Waals surface area contributed by atoms with E-state index >= 15 is 0 Å². The largest absolute Gasteiger partial charge is 0.376 e. The minimum absolute atomic E-state index is 0.213. The van der Waals surface area contributed by atoms with Crippen molar-refractivity contribution in [2.24, 2.45) is 5.73 Å². The summed E-state index contributed by atoms with van der Waals surface area (Å²) in [5.74, 6) is 0.572. The Morgan fingerprint density at radius 2 is 2.67 bits per heavy atom. The zero-order valence-electron chi connectivity index (χ0n) is 4.59. The fraction of sp³-hybridized carbons (Fsp3) is 0. The average molecular weight is 142 g/mol. The molecule has 48 valence electrons. The predicted octanol–water partition coefficient (Wildman–Crippen LogP) is 0.0652. The van der Waals surface area contributed by atoms with Crippen molar-refractivity contribution in [3.8, 4) is 0 Å². The summed E-state index contributed by atoms with van der Waals surface area (Å²) < 4.78 is 0. The van der Waals surface area contributed by atoms with E-state index in [0.717, 1.165) is 0 Å². The Morgan fingerprint density at radius 3 is 3.11 bits per heavy atom. The number of aromatic amines is 1. The molecular weight excluding hydrogens is 136 g/mol. The summed E-state index contributed by atoms with van der Waals surface area (Å²) in [7, 11) is 0. The summed E-state index contributed by atoms with van der Waals surface area (Å²) in [6.07, 6.45) is 3.29. The predicted molar refractivity (Wildman–Crippen MR) is 39.0 cm³/mol. The Morgan fingerprint density at radius 1 is 1.89 bits per heavy atom. The highest BCUT2D eigenvalue weighted by atomic mass is 32.1. The lowest BCUT2D eigenvalue weighted by Crippen LogP contribution is -2.19. The highest BCUT2D eigenvalue weighted by Crippen LogP contribution is 1.92. The summed E-state index contributed by atoms with van der Waals surface area (Å²) in [6, 6.07) is 0. The molecule has 9 heavy (non-hydrogen) atoms. The fourth-order valence-corrected chi connectivity index (χ4v) is 0.547. The first kappa shape index (κ1) is 6.03. The van der Waals surface area contributed by atoms with E-state index in [-0.39, 0.29) is 5.11 Å². The second-order valence-electron chi connectivity index (χ2n) is 1.43. The number of thiocarbonyl (C=S) groups is 1. The van der Waals surface area contributed by atoms with Gasteiger partial charge in [0.25, 0.3) is 0 Å². The molecule has 0 spiro atoms. The van der Waals surface area contributed by atoms with Crippen LogP contribution in [-0.2, 0) is 0 Å². The lowest BCUT2D eigenvalue weighted by Gasteiger charge is -1.94. The van der Waals surface area contributed by atoms with E-state index in [2.05, 4.69) is 27.5 Å². The molecule has 0 unspecified atom stereocenters. The van der Waals surface area contributed by atoms with Gasteiger partial charge in [-0.3, -0.25) is 0 Å². The number of imidazole rings is 1. The van der Waals surface area contributed by atoms with Crippen molar-refractivity contribution < 1.29 is 0 Å². The number of hydrogen-bond donors (Lipinski definition) is 3. The molecule has 0 fully saturated rings. The maximum atomic E-state index is 5.14. The topological polar surface area (TPSA) is 66.7 Å². The van der Waals surface area contributed by atoms with Gasteiger partial charge in [0.05, 0.1) is 0 Å². The zero-order chi connectivity index (χ0) is 6.69. The van der Waals surface area contributed by atoms with Crippen LogP contribution in [0.3, 0.4) is 0 Å². The van der Waals surface area contributed by atoms with Gasteiger partial charge < -0.3 is 16.0 Å². The van der Waals surface area contributed by atoms with Crippen LogP contribution in [0.2, 0.25) is 0 Å². The second-order valence-corrected chi connectivity index (χ2v) is 1.87. The molecule has 0 aromatic carbocycles. The Labute approximate surface area is 57.5 Å². The number of nitrogens with one attached hydrogen (secondary N) is 2. The fourth-order valence-electron chi connectivity index (χ4n) is 0.450. The van der Waals surface area contributed by atoms with Gasteiger partial charge in [0.1, 0.15) is 0 Å². The third-order valence-electron chi connectivity index (χ3n) is 0.740. The van der Waals surface area contributed by atoms with E-state index in [4.69, 9.17) is 5.73 Å². The molecule has 1 rings (SSSR count). The summed E-state index contributed by atoms with van der Waals surface area (Å²) in [5, 5.41) is 2.84. The monoisotopic (exact) mass is 142 g/mol. The highest BCUT2D eigenvalue weighted by Gasteiger charge is 1.90. The second kappa shape index (κ2) is 2.45. The van der Waals surface area contributed by atoms with E-state index in [1.165, 1.54) is 0 Å². The van der Waals surface area contributed by atoms with Gasteiger partial charge in [-0.1, -0.05) is 0 Å². The van der Waals surface area contributed by atoms with Gasteiger partial charge in [-0.25, -0.2) is 4.98 Å². The molecule has 4 N–H and O–H groups in total. The molecule has 0 saturated carbocycles. The van der Waals surface area contributed by atoms with Crippen LogP contribution < -0.4 is 11.1 Å². The van der Waals surface area contributed by atoms with Crippen LogP contribution in [0.4, 0.5) is 5.95 Å². The maximum absolute atomic E-state index is 5.14. The number of H-pyrrole nitrogens is 1. The molecule has 0 aliphatic carbocycles. The first-order valence-electron chi connectivity index (χ1n) is 2.35. The minimum Gasteiger partial charge on any atom is -0.376 e. The molecule has 0 radical (unpaired) electrons. The Hall–Kier alpha value is -1.10. The Kier molecular flexibility index (Phi) is 1.64. The third-order valence-corrected chi connectivity index (χ3v) is 0.842. The van der Waals surface area contributed by atoms with E-state index in [9.17, 15) is 0 Å². The number of rotatable bonds is 1. The summed E-state index contributed by atoms with van der Waals surface area (Å²) in [4.78, 5) is 6.60. The van der Waals surface area contributed by atoms with Crippen molar-refractivity contribution in [1.29, 1.82) is 0 Å². The molecule has 0 amide bonds. The average Bonchev–Trinajstić information content (AvgIpc) is 2.15. The third kappa shape index (κ3) is 1.69. The number of anilines is 1. The smallest absolute Gasteiger partial charge is 0.206 e. The van der Waals surface area contributed by atoms with Gasteiger partial charge in [0.2, 0.25) is 5.95 Å². The molecule has 5 heteroatoms.